The van der Waals surface area contributed by atoms with Crippen LogP contribution in [0.2, 0.25) is 0 Å². The van der Waals surface area contributed by atoms with Crippen LogP contribution in [0, 0.1) is 6.92 Å². The molecule has 2 aromatic rings. The van der Waals surface area contributed by atoms with Crippen molar-refractivity contribution in [3.05, 3.63) is 47.5 Å². The van der Waals surface area contributed by atoms with Gasteiger partial charge in [0.05, 0.1) is 31.2 Å². The summed E-state index contributed by atoms with van der Waals surface area (Å²) in [5, 5.41) is 2.78. The van der Waals surface area contributed by atoms with Gasteiger partial charge in [0, 0.05) is 18.8 Å². The molecule has 2 rings (SSSR count). The Bertz CT molecular complexity index is 924. The van der Waals surface area contributed by atoms with Crippen molar-refractivity contribution in [2.75, 3.05) is 36.6 Å². The maximum atomic E-state index is 12.9. The molecule has 7 nitrogen and oxygen atoms in total. The highest BCUT2D eigenvalue weighted by molar-refractivity contribution is 7.92. The van der Waals surface area contributed by atoms with E-state index >= 15 is 0 Å². The number of methoxy groups -OCH3 is 2. The minimum atomic E-state index is -3.57. The molecule has 0 aliphatic rings. The van der Waals surface area contributed by atoms with E-state index in [0.717, 1.165) is 9.87 Å². The van der Waals surface area contributed by atoms with E-state index in [1.54, 1.807) is 19.1 Å². The van der Waals surface area contributed by atoms with Crippen molar-refractivity contribution >= 4 is 27.3 Å². The quantitative estimate of drug-likeness (QED) is 0.783. The topological polar surface area (TPSA) is 84.9 Å². The first kappa shape index (κ1) is 20.6. The highest BCUT2D eigenvalue weighted by Crippen LogP contribution is 2.36. The van der Waals surface area contributed by atoms with Crippen LogP contribution in [0.25, 0.3) is 0 Å². The Balaban J connectivity index is 2.54. The second-order valence-corrected chi connectivity index (χ2v) is 8.20. The summed E-state index contributed by atoms with van der Waals surface area (Å²) >= 11 is 0. The van der Waals surface area contributed by atoms with E-state index in [2.05, 4.69) is 5.32 Å². The van der Waals surface area contributed by atoms with Crippen LogP contribution in [-0.2, 0) is 10.0 Å². The molecule has 0 radical (unpaired) electrons. The molecule has 0 heterocycles. The van der Waals surface area contributed by atoms with Gasteiger partial charge in [-0.2, -0.15) is 0 Å². The Labute approximate surface area is 160 Å². The molecule has 0 saturated heterocycles. The van der Waals surface area contributed by atoms with E-state index in [0.29, 0.717) is 17.2 Å². The first-order valence-corrected chi connectivity index (χ1v) is 9.95. The molecule has 0 bridgehead atoms. The van der Waals surface area contributed by atoms with Crippen LogP contribution in [0.3, 0.4) is 0 Å². The van der Waals surface area contributed by atoms with Crippen LogP contribution in [0.4, 0.5) is 11.4 Å². The minimum absolute atomic E-state index is 0.100. The lowest BCUT2D eigenvalue weighted by molar-refractivity contribution is 0.102. The molecule has 0 aliphatic heterocycles. The summed E-state index contributed by atoms with van der Waals surface area (Å²) < 4.78 is 36.3. The van der Waals surface area contributed by atoms with Gasteiger partial charge in [0.2, 0.25) is 10.0 Å². The molecule has 0 aromatic heterocycles. The average Bonchev–Trinajstić information content (AvgIpc) is 2.67. The summed E-state index contributed by atoms with van der Waals surface area (Å²) in [4.78, 5) is 12.9. The molecule has 0 spiro atoms. The molecule has 1 N–H and O–H groups in total. The first-order valence-electron chi connectivity index (χ1n) is 8.34. The zero-order valence-corrected chi connectivity index (χ0v) is 16.9. The lowest BCUT2D eigenvalue weighted by atomic mass is 10.1. The van der Waals surface area contributed by atoms with Crippen LogP contribution >= 0.6 is 0 Å². The van der Waals surface area contributed by atoms with Crippen molar-refractivity contribution in [1.82, 2.24) is 0 Å². The SMILES string of the molecule is CCS(=O)(=O)N(C)c1cc(OC)c(OC)cc1C(=O)Nc1ccc(C)cc1. The van der Waals surface area contributed by atoms with Gasteiger partial charge in [-0.1, -0.05) is 17.7 Å². The second-order valence-electron chi connectivity index (χ2n) is 5.91. The molecule has 27 heavy (non-hydrogen) atoms. The van der Waals surface area contributed by atoms with Gasteiger partial charge in [0.15, 0.2) is 11.5 Å². The zero-order valence-electron chi connectivity index (χ0n) is 16.1. The van der Waals surface area contributed by atoms with Crippen molar-refractivity contribution in [2.24, 2.45) is 0 Å². The number of carbonyl (C=O) groups is 1. The van der Waals surface area contributed by atoms with Gasteiger partial charge < -0.3 is 14.8 Å². The van der Waals surface area contributed by atoms with Gasteiger partial charge in [-0.05, 0) is 32.0 Å². The molecule has 8 heteroatoms. The van der Waals surface area contributed by atoms with E-state index in [4.69, 9.17) is 9.47 Å². The number of hydrogen-bond acceptors (Lipinski definition) is 5. The molecule has 1 amide bonds. The molecular formula is C19H24N2O5S. The first-order chi connectivity index (χ1) is 12.7. The Morgan fingerprint density at radius 3 is 2.15 bits per heavy atom. The van der Waals surface area contributed by atoms with Gasteiger partial charge in [0.25, 0.3) is 5.91 Å². The second kappa shape index (κ2) is 8.30. The monoisotopic (exact) mass is 392 g/mol. The Morgan fingerprint density at radius 1 is 1.07 bits per heavy atom. The fourth-order valence-electron chi connectivity index (χ4n) is 2.49. The lowest BCUT2D eigenvalue weighted by Gasteiger charge is -2.23. The molecule has 0 fully saturated rings. The van der Waals surface area contributed by atoms with Gasteiger partial charge in [-0.25, -0.2) is 8.42 Å². The molecule has 0 atom stereocenters. The molecule has 0 saturated carbocycles. The van der Waals surface area contributed by atoms with Crippen molar-refractivity contribution < 1.29 is 22.7 Å². The number of sulfonamides is 1. The summed E-state index contributed by atoms with van der Waals surface area (Å²) in [5.74, 6) is 0.111. The predicted octanol–water partition coefficient (Wildman–Crippen LogP) is 3.05. The number of aryl methyl sites for hydroxylation is 1. The average molecular weight is 392 g/mol. The fourth-order valence-corrected chi connectivity index (χ4v) is 3.33. The number of carbonyl (C=O) groups excluding carboxylic acids is 1. The zero-order chi connectivity index (χ0) is 20.2. The third kappa shape index (κ3) is 4.51. The highest BCUT2D eigenvalue weighted by atomic mass is 32.2. The summed E-state index contributed by atoms with van der Waals surface area (Å²) in [6.45, 7) is 3.49. The molecule has 0 aliphatic carbocycles. The van der Waals surface area contributed by atoms with E-state index in [-0.39, 0.29) is 17.0 Å². The number of benzene rings is 2. The number of amides is 1. The summed E-state index contributed by atoms with van der Waals surface area (Å²) in [7, 11) is 0.729. The van der Waals surface area contributed by atoms with Crippen LogP contribution in [0.15, 0.2) is 36.4 Å². The predicted molar refractivity (Wildman–Crippen MR) is 107 cm³/mol. The summed E-state index contributed by atoms with van der Waals surface area (Å²) in [6.07, 6.45) is 0. The third-order valence-electron chi connectivity index (χ3n) is 4.18. The van der Waals surface area contributed by atoms with E-state index in [1.165, 1.54) is 33.4 Å². The number of hydrogen-bond donors (Lipinski definition) is 1. The van der Waals surface area contributed by atoms with E-state index in [1.807, 2.05) is 19.1 Å². The van der Waals surface area contributed by atoms with E-state index < -0.39 is 15.9 Å². The van der Waals surface area contributed by atoms with Crippen molar-refractivity contribution in [3.8, 4) is 11.5 Å². The maximum absolute atomic E-state index is 12.9. The van der Waals surface area contributed by atoms with Crippen LogP contribution in [0.5, 0.6) is 11.5 Å². The fraction of sp³-hybridized carbons (Fsp3) is 0.316. The standard InChI is InChI=1S/C19H24N2O5S/c1-6-27(23,24)21(3)16-12-18(26-5)17(25-4)11-15(16)19(22)20-14-9-7-13(2)8-10-14/h7-12H,6H2,1-5H3,(H,20,22). The summed E-state index contributed by atoms with van der Waals surface area (Å²) in [6, 6.07) is 10.3. The largest absolute Gasteiger partial charge is 0.493 e. The van der Waals surface area contributed by atoms with Gasteiger partial charge in [-0.15, -0.1) is 0 Å². The Kier molecular flexibility index (Phi) is 6.32. The van der Waals surface area contributed by atoms with Crippen molar-refractivity contribution in [3.63, 3.8) is 0 Å². The summed E-state index contributed by atoms with van der Waals surface area (Å²) in [5.41, 5.74) is 2.03. The smallest absolute Gasteiger partial charge is 0.257 e. The van der Waals surface area contributed by atoms with Crippen LogP contribution < -0.4 is 19.1 Å². The number of anilines is 2. The van der Waals surface area contributed by atoms with Gasteiger partial charge in [-0.3, -0.25) is 9.10 Å². The van der Waals surface area contributed by atoms with Crippen molar-refractivity contribution in [2.45, 2.75) is 13.8 Å². The van der Waals surface area contributed by atoms with Gasteiger partial charge >= 0.3 is 0 Å². The number of nitrogens with zero attached hydrogens (tertiary/aromatic N) is 1. The highest BCUT2D eigenvalue weighted by Gasteiger charge is 2.25. The van der Waals surface area contributed by atoms with E-state index in [9.17, 15) is 13.2 Å². The molecule has 0 unspecified atom stereocenters. The maximum Gasteiger partial charge on any atom is 0.257 e. The number of rotatable bonds is 7. The molecule has 146 valence electrons. The van der Waals surface area contributed by atoms with Crippen molar-refractivity contribution in [1.29, 1.82) is 0 Å². The lowest BCUT2D eigenvalue weighted by Crippen LogP contribution is -2.30. The Hall–Kier alpha value is -2.74. The normalized spacial score (nSPS) is 11.0. The number of nitrogens with one attached hydrogen (secondary N) is 1. The third-order valence-corrected chi connectivity index (χ3v) is 5.94. The number of ether oxygens (including phenoxy) is 2. The molecular weight excluding hydrogens is 368 g/mol. The van der Waals surface area contributed by atoms with Crippen LogP contribution in [-0.4, -0.2) is 41.3 Å². The molecule has 2 aromatic carbocycles. The van der Waals surface area contributed by atoms with Crippen LogP contribution in [0.1, 0.15) is 22.8 Å². The Morgan fingerprint density at radius 2 is 1.63 bits per heavy atom. The van der Waals surface area contributed by atoms with Gasteiger partial charge in [0.1, 0.15) is 0 Å². The minimum Gasteiger partial charge on any atom is -0.493 e.